The third-order valence-electron chi connectivity index (χ3n) is 4.22. The summed E-state index contributed by atoms with van der Waals surface area (Å²) in [5.41, 5.74) is -0.444. The molecule has 0 saturated heterocycles. The fourth-order valence-corrected chi connectivity index (χ4v) is 4.35. The van der Waals surface area contributed by atoms with Crippen molar-refractivity contribution in [2.24, 2.45) is 0 Å². The first-order chi connectivity index (χ1) is 14.2. The van der Waals surface area contributed by atoms with Crippen molar-refractivity contribution < 1.29 is 27.7 Å². The molecule has 0 N–H and O–H groups in total. The van der Waals surface area contributed by atoms with Crippen LogP contribution in [0.1, 0.15) is 27.6 Å². The van der Waals surface area contributed by atoms with Crippen LogP contribution in [0.3, 0.4) is 0 Å². The standard InChI is InChI=1S/C21H15NO7S/c1-14(23)15-10-12-16(13-11-15)29-21(24)17-6-2-4-8-19(17)30(27,28)20-9-5-3-7-18(20)22(25)26/h2-13H,1H3. The van der Waals surface area contributed by atoms with E-state index in [1.807, 2.05) is 0 Å². The summed E-state index contributed by atoms with van der Waals surface area (Å²) in [5.74, 6) is -1.00. The van der Waals surface area contributed by atoms with Crippen LogP contribution in [0.4, 0.5) is 5.69 Å². The number of hydrogen-bond donors (Lipinski definition) is 0. The van der Waals surface area contributed by atoms with E-state index >= 15 is 0 Å². The van der Waals surface area contributed by atoms with Crippen molar-refractivity contribution in [2.75, 3.05) is 0 Å². The first-order valence-electron chi connectivity index (χ1n) is 8.62. The highest BCUT2D eigenvalue weighted by Crippen LogP contribution is 2.31. The van der Waals surface area contributed by atoms with Crippen LogP contribution >= 0.6 is 0 Å². The summed E-state index contributed by atoms with van der Waals surface area (Å²) in [6.45, 7) is 1.39. The molecule has 9 heteroatoms. The van der Waals surface area contributed by atoms with E-state index in [1.165, 1.54) is 67.6 Å². The molecule has 0 bridgehead atoms. The van der Waals surface area contributed by atoms with Crippen molar-refractivity contribution >= 4 is 27.3 Å². The van der Waals surface area contributed by atoms with Crippen LogP contribution in [0.5, 0.6) is 5.75 Å². The maximum absolute atomic E-state index is 13.1. The van der Waals surface area contributed by atoms with Crippen LogP contribution < -0.4 is 4.74 Å². The van der Waals surface area contributed by atoms with Crippen molar-refractivity contribution in [3.63, 3.8) is 0 Å². The number of esters is 1. The Balaban J connectivity index is 2.01. The molecule has 3 aromatic carbocycles. The zero-order chi connectivity index (χ0) is 21.9. The van der Waals surface area contributed by atoms with Gasteiger partial charge in [-0.1, -0.05) is 24.3 Å². The van der Waals surface area contributed by atoms with Gasteiger partial charge in [0.25, 0.3) is 5.69 Å². The smallest absolute Gasteiger partial charge is 0.344 e. The second kappa shape index (κ2) is 8.26. The number of Topliss-reactive ketones (excluding diaryl/α,β-unsaturated/α-hetero) is 1. The number of nitrogens with zero attached hydrogens (tertiary/aromatic N) is 1. The third-order valence-corrected chi connectivity index (χ3v) is 6.08. The number of sulfone groups is 1. The van der Waals surface area contributed by atoms with Crippen LogP contribution in [-0.2, 0) is 9.84 Å². The molecule has 0 amide bonds. The molecule has 30 heavy (non-hydrogen) atoms. The van der Waals surface area contributed by atoms with Gasteiger partial charge in [0.15, 0.2) is 5.78 Å². The minimum absolute atomic E-state index is 0.114. The van der Waals surface area contributed by atoms with Crippen LogP contribution in [0.25, 0.3) is 0 Å². The third kappa shape index (κ3) is 4.11. The summed E-state index contributed by atoms with van der Waals surface area (Å²) in [5, 5.41) is 11.3. The van der Waals surface area contributed by atoms with Crippen LogP contribution in [0.2, 0.25) is 0 Å². The van der Waals surface area contributed by atoms with Crippen molar-refractivity contribution in [2.45, 2.75) is 16.7 Å². The molecule has 0 saturated carbocycles. The van der Waals surface area contributed by atoms with E-state index in [4.69, 9.17) is 4.74 Å². The topological polar surface area (TPSA) is 121 Å². The number of para-hydroxylation sites is 1. The number of nitro groups is 1. The number of ether oxygens (including phenoxy) is 1. The van der Waals surface area contributed by atoms with Gasteiger partial charge in [0.2, 0.25) is 9.84 Å². The van der Waals surface area contributed by atoms with Gasteiger partial charge in [-0.2, -0.15) is 0 Å². The molecule has 0 aliphatic rings. The molecule has 0 aromatic heterocycles. The number of ketones is 1. The minimum Gasteiger partial charge on any atom is -0.423 e. The van der Waals surface area contributed by atoms with Gasteiger partial charge < -0.3 is 4.74 Å². The van der Waals surface area contributed by atoms with Crippen LogP contribution in [0, 0.1) is 10.1 Å². The lowest BCUT2D eigenvalue weighted by Gasteiger charge is -2.11. The van der Waals surface area contributed by atoms with Gasteiger partial charge >= 0.3 is 5.97 Å². The Bertz CT molecular complexity index is 1250. The monoisotopic (exact) mass is 425 g/mol. The highest BCUT2D eigenvalue weighted by atomic mass is 32.2. The van der Waals surface area contributed by atoms with Gasteiger partial charge in [0, 0.05) is 11.6 Å². The molecule has 0 spiro atoms. The fourth-order valence-electron chi connectivity index (χ4n) is 2.74. The Morgan fingerprint density at radius 3 is 2.03 bits per heavy atom. The Morgan fingerprint density at radius 2 is 1.43 bits per heavy atom. The minimum atomic E-state index is -4.39. The molecule has 0 radical (unpaired) electrons. The summed E-state index contributed by atoms with van der Waals surface area (Å²) < 4.78 is 31.4. The number of rotatable bonds is 6. The fraction of sp³-hybridized carbons (Fsp3) is 0.0476. The summed E-state index contributed by atoms with van der Waals surface area (Å²) in [6, 6.07) is 16.0. The average molecular weight is 425 g/mol. The highest BCUT2D eigenvalue weighted by molar-refractivity contribution is 7.91. The molecule has 0 unspecified atom stereocenters. The number of nitro benzene ring substituents is 1. The van der Waals surface area contributed by atoms with Gasteiger partial charge in [-0.3, -0.25) is 14.9 Å². The van der Waals surface area contributed by atoms with Crippen LogP contribution in [0.15, 0.2) is 82.6 Å². The molecule has 0 fully saturated rings. The average Bonchev–Trinajstić information content (AvgIpc) is 2.74. The van der Waals surface area contributed by atoms with E-state index in [2.05, 4.69) is 0 Å². The predicted molar refractivity (Wildman–Crippen MR) is 106 cm³/mol. The van der Waals surface area contributed by atoms with Gasteiger partial charge in [-0.05, 0) is 49.4 Å². The zero-order valence-electron chi connectivity index (χ0n) is 15.6. The second-order valence-corrected chi connectivity index (χ2v) is 8.08. The number of carbonyl (C=O) groups excluding carboxylic acids is 2. The number of carbonyl (C=O) groups is 2. The lowest BCUT2D eigenvalue weighted by molar-refractivity contribution is -0.387. The molecule has 0 aliphatic heterocycles. The largest absolute Gasteiger partial charge is 0.423 e. The van der Waals surface area contributed by atoms with Crippen molar-refractivity contribution in [3.05, 3.63) is 94.0 Å². The maximum Gasteiger partial charge on any atom is 0.344 e. The summed E-state index contributed by atoms with van der Waals surface area (Å²) in [6.07, 6.45) is 0. The SMILES string of the molecule is CC(=O)c1ccc(OC(=O)c2ccccc2S(=O)(=O)c2ccccc2[N+](=O)[O-])cc1. The molecule has 0 aliphatic carbocycles. The quantitative estimate of drug-likeness (QED) is 0.193. The molecule has 0 atom stereocenters. The Morgan fingerprint density at radius 1 is 0.867 bits per heavy atom. The molecular weight excluding hydrogens is 410 g/mol. The molecule has 3 rings (SSSR count). The van der Waals surface area contributed by atoms with E-state index in [1.54, 1.807) is 0 Å². The van der Waals surface area contributed by atoms with Gasteiger partial charge in [0.05, 0.1) is 15.4 Å². The molecule has 3 aromatic rings. The van der Waals surface area contributed by atoms with Crippen molar-refractivity contribution in [1.29, 1.82) is 0 Å². The molecule has 152 valence electrons. The van der Waals surface area contributed by atoms with E-state index < -0.39 is 36.2 Å². The highest BCUT2D eigenvalue weighted by Gasteiger charge is 2.31. The lowest BCUT2D eigenvalue weighted by atomic mass is 10.1. The summed E-state index contributed by atoms with van der Waals surface area (Å²) in [7, 11) is -4.39. The number of hydrogen-bond acceptors (Lipinski definition) is 7. The molecular formula is C21H15NO7S. The normalized spacial score (nSPS) is 11.0. The molecule has 0 heterocycles. The maximum atomic E-state index is 13.1. The van der Waals surface area contributed by atoms with E-state index in [-0.39, 0.29) is 17.1 Å². The van der Waals surface area contributed by atoms with Gasteiger partial charge in [-0.15, -0.1) is 0 Å². The van der Waals surface area contributed by atoms with Crippen molar-refractivity contribution in [3.8, 4) is 5.75 Å². The summed E-state index contributed by atoms with van der Waals surface area (Å²) >= 11 is 0. The van der Waals surface area contributed by atoms with E-state index in [0.717, 1.165) is 12.1 Å². The zero-order valence-corrected chi connectivity index (χ0v) is 16.5. The first kappa shape index (κ1) is 20.9. The Kier molecular flexibility index (Phi) is 5.74. The van der Waals surface area contributed by atoms with Gasteiger partial charge in [-0.25, -0.2) is 13.2 Å². The van der Waals surface area contributed by atoms with Crippen LogP contribution in [-0.4, -0.2) is 25.1 Å². The summed E-state index contributed by atoms with van der Waals surface area (Å²) in [4.78, 5) is 33.5. The van der Waals surface area contributed by atoms with E-state index in [0.29, 0.717) is 5.56 Å². The van der Waals surface area contributed by atoms with Gasteiger partial charge in [0.1, 0.15) is 10.6 Å². The predicted octanol–water partition coefficient (Wildman–Crippen LogP) is 3.85. The second-order valence-electron chi connectivity index (χ2n) is 6.19. The first-order valence-corrected chi connectivity index (χ1v) is 10.1. The lowest BCUT2D eigenvalue weighted by Crippen LogP contribution is -2.15. The number of benzene rings is 3. The van der Waals surface area contributed by atoms with E-state index in [9.17, 15) is 28.1 Å². The van der Waals surface area contributed by atoms with Crippen molar-refractivity contribution in [1.82, 2.24) is 0 Å². The Labute approximate surface area is 171 Å². The Hall–Kier alpha value is -3.85. The molecule has 8 nitrogen and oxygen atoms in total.